The Labute approximate surface area is 106 Å². The average Bonchev–Trinajstić information content (AvgIpc) is 3.08. The molecule has 1 atom stereocenters. The van der Waals surface area contributed by atoms with Crippen molar-refractivity contribution in [3.05, 3.63) is 0 Å². The highest BCUT2D eigenvalue weighted by molar-refractivity contribution is 5.75. The van der Waals surface area contributed by atoms with Gasteiger partial charge in [-0.2, -0.15) is 8.78 Å². The monoisotopic (exact) mass is 286 g/mol. The van der Waals surface area contributed by atoms with Crippen molar-refractivity contribution in [2.24, 2.45) is 5.92 Å². The third-order valence-electron chi connectivity index (χ3n) is 2.71. The number of hydrogen-bond donors (Lipinski definition) is 3. The highest BCUT2D eigenvalue weighted by Gasteiger charge is 2.41. The van der Waals surface area contributed by atoms with Crippen molar-refractivity contribution in [1.29, 1.82) is 0 Å². The first-order valence-electron chi connectivity index (χ1n) is 5.64. The third kappa shape index (κ3) is 5.31. The molecule has 0 bridgehead atoms. The number of rotatable bonds is 7. The largest absolute Gasteiger partial charge is 0.481 e. The molecule has 0 radical (unpaired) electrons. The standard InChI is InChI=1S/C10H14F4N2O3/c11-8(12)10(13,14)4-15-9(19)16-6(3-7(17)18)5-1-2-5/h5-6,8H,1-4H2,(H,17,18)(H2,15,16,19). The minimum atomic E-state index is -4.31. The summed E-state index contributed by atoms with van der Waals surface area (Å²) in [6, 6.07) is -1.74. The van der Waals surface area contributed by atoms with E-state index in [1.807, 2.05) is 0 Å². The summed E-state index contributed by atoms with van der Waals surface area (Å²) in [5, 5.41) is 12.4. The fourth-order valence-electron chi connectivity index (χ4n) is 1.52. The first kappa shape index (κ1) is 15.5. The fourth-order valence-corrected chi connectivity index (χ4v) is 1.52. The van der Waals surface area contributed by atoms with Crippen LogP contribution in [0.25, 0.3) is 0 Å². The quantitative estimate of drug-likeness (QED) is 0.620. The molecular formula is C10H14F4N2O3. The number of alkyl halides is 4. The van der Waals surface area contributed by atoms with Crippen LogP contribution < -0.4 is 10.6 Å². The van der Waals surface area contributed by atoms with Gasteiger partial charge < -0.3 is 15.7 Å². The Balaban J connectivity index is 2.38. The van der Waals surface area contributed by atoms with Gasteiger partial charge in [-0.25, -0.2) is 13.6 Å². The molecular weight excluding hydrogens is 272 g/mol. The highest BCUT2D eigenvalue weighted by atomic mass is 19.3. The van der Waals surface area contributed by atoms with E-state index in [-0.39, 0.29) is 12.3 Å². The van der Waals surface area contributed by atoms with Crippen LogP contribution in [0.4, 0.5) is 22.4 Å². The molecule has 1 aliphatic carbocycles. The second-order valence-electron chi connectivity index (χ2n) is 4.43. The van der Waals surface area contributed by atoms with Gasteiger partial charge in [0.2, 0.25) is 0 Å². The molecule has 1 unspecified atom stereocenters. The zero-order valence-electron chi connectivity index (χ0n) is 9.84. The second kappa shape index (κ2) is 6.07. The lowest BCUT2D eigenvalue weighted by Crippen LogP contribution is -2.49. The van der Waals surface area contributed by atoms with Crippen molar-refractivity contribution in [1.82, 2.24) is 10.6 Å². The SMILES string of the molecule is O=C(O)CC(NC(=O)NCC(F)(F)C(F)F)C1CC1. The summed E-state index contributed by atoms with van der Waals surface area (Å²) >= 11 is 0. The number of amides is 2. The molecule has 0 aliphatic heterocycles. The van der Waals surface area contributed by atoms with Crippen LogP contribution >= 0.6 is 0 Å². The molecule has 0 saturated heterocycles. The number of hydrogen-bond acceptors (Lipinski definition) is 2. The molecule has 1 aliphatic rings. The van der Waals surface area contributed by atoms with Gasteiger partial charge in [0.05, 0.1) is 13.0 Å². The van der Waals surface area contributed by atoms with E-state index < -0.39 is 36.9 Å². The van der Waals surface area contributed by atoms with Gasteiger partial charge in [0.15, 0.2) is 0 Å². The fraction of sp³-hybridized carbons (Fsp3) is 0.800. The summed E-state index contributed by atoms with van der Waals surface area (Å²) in [5.41, 5.74) is 0. The van der Waals surface area contributed by atoms with Crippen molar-refractivity contribution in [2.75, 3.05) is 6.54 Å². The van der Waals surface area contributed by atoms with E-state index in [1.54, 1.807) is 5.32 Å². The second-order valence-corrected chi connectivity index (χ2v) is 4.43. The normalized spacial score (nSPS) is 17.1. The van der Waals surface area contributed by atoms with Crippen molar-refractivity contribution in [3.63, 3.8) is 0 Å². The molecule has 1 saturated carbocycles. The molecule has 0 aromatic rings. The molecule has 3 N–H and O–H groups in total. The lowest BCUT2D eigenvalue weighted by Gasteiger charge is -2.19. The van der Waals surface area contributed by atoms with Crippen LogP contribution in [0.15, 0.2) is 0 Å². The molecule has 0 aromatic carbocycles. The van der Waals surface area contributed by atoms with E-state index >= 15 is 0 Å². The molecule has 110 valence electrons. The van der Waals surface area contributed by atoms with Crippen molar-refractivity contribution in [2.45, 2.75) is 37.7 Å². The van der Waals surface area contributed by atoms with Gasteiger partial charge in [-0.3, -0.25) is 4.79 Å². The number of aliphatic carboxylic acids is 1. The predicted octanol–water partition coefficient (Wildman–Crippen LogP) is 1.44. The minimum absolute atomic E-state index is 0.00235. The maximum absolute atomic E-state index is 12.5. The molecule has 0 heterocycles. The summed E-state index contributed by atoms with van der Waals surface area (Å²) in [5.74, 6) is -5.44. The first-order chi connectivity index (χ1) is 8.72. The number of carboxylic acid groups (broad SMARTS) is 1. The van der Waals surface area contributed by atoms with Crippen LogP contribution in [0.3, 0.4) is 0 Å². The minimum Gasteiger partial charge on any atom is -0.481 e. The summed E-state index contributed by atoms with van der Waals surface area (Å²) in [6.07, 6.45) is -2.72. The molecule has 0 aromatic heterocycles. The average molecular weight is 286 g/mol. The van der Waals surface area contributed by atoms with Gasteiger partial charge >= 0.3 is 24.3 Å². The van der Waals surface area contributed by atoms with Crippen LogP contribution in [-0.4, -0.2) is 42.0 Å². The molecule has 1 rings (SSSR count). The Morgan fingerprint density at radius 1 is 1.32 bits per heavy atom. The number of halogens is 4. The summed E-state index contributed by atoms with van der Waals surface area (Å²) in [6.45, 7) is -1.50. The maximum Gasteiger partial charge on any atom is 0.324 e. The molecule has 0 spiro atoms. The van der Waals surface area contributed by atoms with Crippen LogP contribution in [0.1, 0.15) is 19.3 Å². The lowest BCUT2D eigenvalue weighted by molar-refractivity contribution is -0.137. The van der Waals surface area contributed by atoms with Gasteiger partial charge in [0.1, 0.15) is 0 Å². The Morgan fingerprint density at radius 2 is 1.89 bits per heavy atom. The van der Waals surface area contributed by atoms with Gasteiger partial charge in [-0.15, -0.1) is 0 Å². The Kier molecular flexibility index (Phi) is 4.96. The van der Waals surface area contributed by atoms with Crippen molar-refractivity contribution in [3.8, 4) is 0 Å². The zero-order chi connectivity index (χ0) is 14.6. The zero-order valence-corrected chi connectivity index (χ0v) is 9.84. The van der Waals surface area contributed by atoms with Gasteiger partial charge in [0, 0.05) is 6.04 Å². The lowest BCUT2D eigenvalue weighted by atomic mass is 10.1. The van der Waals surface area contributed by atoms with Crippen LogP contribution in [0, 0.1) is 5.92 Å². The van der Waals surface area contributed by atoms with E-state index in [1.165, 1.54) is 0 Å². The van der Waals surface area contributed by atoms with Gasteiger partial charge in [0.25, 0.3) is 0 Å². The number of carboxylic acids is 1. The predicted molar refractivity (Wildman–Crippen MR) is 56.3 cm³/mol. The van der Waals surface area contributed by atoms with Crippen LogP contribution in [-0.2, 0) is 4.79 Å². The van der Waals surface area contributed by atoms with Gasteiger partial charge in [-0.05, 0) is 18.8 Å². The molecule has 1 fully saturated rings. The van der Waals surface area contributed by atoms with Crippen LogP contribution in [0.5, 0.6) is 0 Å². The number of carbonyl (C=O) groups excluding carboxylic acids is 1. The van der Waals surface area contributed by atoms with E-state index in [0.717, 1.165) is 12.8 Å². The van der Waals surface area contributed by atoms with E-state index in [9.17, 15) is 27.2 Å². The van der Waals surface area contributed by atoms with E-state index in [2.05, 4.69) is 5.32 Å². The summed E-state index contributed by atoms with van der Waals surface area (Å²) in [7, 11) is 0. The molecule has 9 heteroatoms. The Bertz CT molecular complexity index is 348. The third-order valence-corrected chi connectivity index (χ3v) is 2.71. The topological polar surface area (TPSA) is 78.4 Å². The van der Waals surface area contributed by atoms with Crippen molar-refractivity contribution >= 4 is 12.0 Å². The molecule has 5 nitrogen and oxygen atoms in total. The summed E-state index contributed by atoms with van der Waals surface area (Å²) in [4.78, 5) is 21.8. The number of nitrogens with one attached hydrogen (secondary N) is 2. The first-order valence-corrected chi connectivity index (χ1v) is 5.64. The number of urea groups is 1. The molecule has 19 heavy (non-hydrogen) atoms. The van der Waals surface area contributed by atoms with Gasteiger partial charge in [-0.1, -0.05) is 0 Å². The van der Waals surface area contributed by atoms with E-state index in [0.29, 0.717) is 0 Å². The van der Waals surface area contributed by atoms with Crippen molar-refractivity contribution < 1.29 is 32.3 Å². The Morgan fingerprint density at radius 3 is 2.32 bits per heavy atom. The van der Waals surface area contributed by atoms with E-state index in [4.69, 9.17) is 5.11 Å². The summed E-state index contributed by atoms with van der Waals surface area (Å²) < 4.78 is 48.7. The Hall–Kier alpha value is -1.54. The maximum atomic E-state index is 12.5. The molecule has 2 amide bonds. The smallest absolute Gasteiger partial charge is 0.324 e. The highest BCUT2D eigenvalue weighted by Crippen LogP contribution is 2.34. The van der Waals surface area contributed by atoms with Crippen LogP contribution in [0.2, 0.25) is 0 Å². The number of carbonyl (C=O) groups is 2.